The molecule has 90 valence electrons. The lowest BCUT2D eigenvalue weighted by atomic mass is 9.99. The molecule has 1 aliphatic carbocycles. The molecule has 0 amide bonds. The molecule has 1 rings (SSSR count). The van der Waals surface area contributed by atoms with Crippen LogP contribution in [0.2, 0.25) is 0 Å². The zero-order valence-corrected chi connectivity index (χ0v) is 13.1. The van der Waals surface area contributed by atoms with Crippen molar-refractivity contribution in [2.75, 3.05) is 20.1 Å². The lowest BCUT2D eigenvalue weighted by Gasteiger charge is -2.32. The summed E-state index contributed by atoms with van der Waals surface area (Å²) in [5.74, 6) is 1.00. The zero-order valence-electron chi connectivity index (χ0n) is 9.63. The number of hydrogen-bond donors (Lipinski definition) is 0. The van der Waals surface area contributed by atoms with Gasteiger partial charge in [0.1, 0.15) is 0 Å². The van der Waals surface area contributed by atoms with Crippen LogP contribution in [-0.2, 0) is 9.47 Å². The van der Waals surface area contributed by atoms with Crippen LogP contribution < -0.4 is 0 Å². The van der Waals surface area contributed by atoms with Crippen LogP contribution in [0.3, 0.4) is 0 Å². The van der Waals surface area contributed by atoms with E-state index < -0.39 is 0 Å². The van der Waals surface area contributed by atoms with E-state index in [1.54, 1.807) is 14.2 Å². The van der Waals surface area contributed by atoms with Crippen molar-refractivity contribution in [3.8, 4) is 0 Å². The van der Waals surface area contributed by atoms with E-state index in [1.165, 1.54) is 0 Å². The first-order chi connectivity index (χ1) is 7.07. The summed E-state index contributed by atoms with van der Waals surface area (Å²) in [6, 6.07) is 0. The Morgan fingerprint density at radius 3 is 2.67 bits per heavy atom. The summed E-state index contributed by atoms with van der Waals surface area (Å²) < 4.78 is 11.2. The highest BCUT2D eigenvalue weighted by Gasteiger charge is 2.45. The molecule has 0 aromatic heterocycles. The predicted octanol–water partition coefficient (Wildman–Crippen LogP) is 1.36. The Labute approximate surface area is 105 Å². The molecule has 4 unspecified atom stereocenters. The van der Waals surface area contributed by atoms with E-state index in [9.17, 15) is 0 Å². The van der Waals surface area contributed by atoms with Crippen molar-refractivity contribution in [3.05, 3.63) is 0 Å². The summed E-state index contributed by atoms with van der Waals surface area (Å²) in [6.07, 6.45) is 3.34. The van der Waals surface area contributed by atoms with Gasteiger partial charge in [0.15, 0.2) is 0 Å². The second-order valence-electron chi connectivity index (χ2n) is 4.46. The van der Waals surface area contributed by atoms with Crippen molar-refractivity contribution in [3.63, 3.8) is 0 Å². The smallest absolute Gasteiger partial charge is 0.0848 e. The van der Waals surface area contributed by atoms with Crippen molar-refractivity contribution in [1.82, 2.24) is 0 Å². The topological polar surface area (TPSA) is 18.5 Å². The van der Waals surface area contributed by atoms with Gasteiger partial charge in [-0.2, -0.15) is 0 Å². The number of ether oxygens (including phenoxy) is 2. The van der Waals surface area contributed by atoms with E-state index in [4.69, 9.17) is 32.7 Å². The van der Waals surface area contributed by atoms with Gasteiger partial charge in [-0.15, -0.1) is 23.2 Å². The van der Waals surface area contributed by atoms with E-state index in [2.05, 4.69) is 0 Å². The molecule has 1 fully saturated rings. The highest BCUT2D eigenvalue weighted by atomic mass is 35.5. The van der Waals surface area contributed by atoms with E-state index in [1.807, 2.05) is 0 Å². The summed E-state index contributed by atoms with van der Waals surface area (Å²) in [5, 5.41) is 0.0256. The highest BCUT2D eigenvalue weighted by Crippen LogP contribution is 2.40. The van der Waals surface area contributed by atoms with E-state index in [-0.39, 0.29) is 16.7 Å². The normalized spacial score (nSPS) is 38.4. The number of hydrogen-bond acceptors (Lipinski definition) is 2. The first-order valence-electron chi connectivity index (χ1n) is 5.35. The van der Waals surface area contributed by atoms with Gasteiger partial charge in [-0.1, -0.05) is 0 Å². The molecule has 5 heteroatoms. The minimum absolute atomic E-state index is 0.0255. The second kappa shape index (κ2) is 5.87. The first kappa shape index (κ1) is 13.8. The monoisotopic (exact) mass is 270 g/mol. The SMILES string of the molecule is COC1C(CC(Cl)CCl)CCC1([SiH3])OC. The minimum atomic E-state index is -0.0255. The average Bonchev–Trinajstić information content (AvgIpc) is 2.56. The molecule has 1 saturated carbocycles. The number of rotatable bonds is 5. The van der Waals surface area contributed by atoms with Crippen LogP contribution in [0, 0.1) is 5.92 Å². The summed E-state index contributed by atoms with van der Waals surface area (Å²) >= 11 is 11.8. The quantitative estimate of drug-likeness (QED) is 0.555. The zero-order chi connectivity index (χ0) is 11.5. The fourth-order valence-corrected chi connectivity index (χ4v) is 3.91. The molecule has 0 N–H and O–H groups in total. The Morgan fingerprint density at radius 2 is 2.20 bits per heavy atom. The maximum absolute atomic E-state index is 6.09. The maximum atomic E-state index is 6.09. The van der Waals surface area contributed by atoms with Gasteiger partial charge in [-0.3, -0.25) is 0 Å². The molecule has 0 aromatic rings. The van der Waals surface area contributed by atoms with Gasteiger partial charge >= 0.3 is 0 Å². The van der Waals surface area contributed by atoms with Crippen LogP contribution >= 0.6 is 23.2 Å². The molecule has 4 atom stereocenters. The Kier molecular flexibility index (Phi) is 5.39. The van der Waals surface area contributed by atoms with E-state index in [0.29, 0.717) is 11.8 Å². The Hall–Kier alpha value is 0.717. The Morgan fingerprint density at radius 1 is 1.53 bits per heavy atom. The van der Waals surface area contributed by atoms with Gasteiger partial charge in [0.25, 0.3) is 0 Å². The van der Waals surface area contributed by atoms with Crippen molar-refractivity contribution in [2.45, 2.75) is 36.0 Å². The number of alkyl halides is 2. The standard InChI is InChI=1S/C10H20Cl2O2Si/c1-13-9-7(5-8(12)6-11)3-4-10(9,15)14-2/h7-9H,3-6H2,1-2,15H3. The van der Waals surface area contributed by atoms with Crippen LogP contribution in [0.25, 0.3) is 0 Å². The number of methoxy groups -OCH3 is 2. The fraction of sp³-hybridized carbons (Fsp3) is 1.00. The third-order valence-electron chi connectivity index (χ3n) is 3.49. The molecule has 0 bridgehead atoms. The average molecular weight is 271 g/mol. The number of halogens is 2. The van der Waals surface area contributed by atoms with E-state index >= 15 is 0 Å². The van der Waals surface area contributed by atoms with Crippen LogP contribution in [-0.4, -0.2) is 47.0 Å². The lowest BCUT2D eigenvalue weighted by molar-refractivity contribution is -0.0615. The summed E-state index contributed by atoms with van der Waals surface area (Å²) in [7, 11) is 4.53. The van der Waals surface area contributed by atoms with Gasteiger partial charge < -0.3 is 9.47 Å². The molecule has 0 radical (unpaired) electrons. The van der Waals surface area contributed by atoms with Crippen molar-refractivity contribution >= 4 is 33.4 Å². The second-order valence-corrected chi connectivity index (χ2v) is 7.08. The summed E-state index contributed by atoms with van der Waals surface area (Å²) in [4.78, 5) is 0. The molecule has 0 spiro atoms. The largest absolute Gasteiger partial charge is 0.380 e. The molecule has 0 heterocycles. The third kappa shape index (κ3) is 3.10. The van der Waals surface area contributed by atoms with Gasteiger partial charge in [-0.05, 0) is 25.2 Å². The molecule has 0 aromatic carbocycles. The highest BCUT2D eigenvalue weighted by molar-refractivity contribution is 6.28. The minimum Gasteiger partial charge on any atom is -0.380 e. The first-order valence-corrected chi connectivity index (χ1v) is 7.32. The molecule has 0 aliphatic heterocycles. The lowest BCUT2D eigenvalue weighted by Crippen LogP contribution is -2.44. The van der Waals surface area contributed by atoms with Crippen LogP contribution in [0.1, 0.15) is 19.3 Å². The van der Waals surface area contributed by atoms with Gasteiger partial charge in [0.2, 0.25) is 0 Å². The third-order valence-corrected chi connectivity index (χ3v) is 5.83. The van der Waals surface area contributed by atoms with Crippen molar-refractivity contribution in [1.29, 1.82) is 0 Å². The molecule has 15 heavy (non-hydrogen) atoms. The summed E-state index contributed by atoms with van der Waals surface area (Å²) in [5.41, 5.74) is 0. The molecular weight excluding hydrogens is 251 g/mol. The van der Waals surface area contributed by atoms with Crippen molar-refractivity contribution in [2.24, 2.45) is 5.92 Å². The van der Waals surface area contributed by atoms with Crippen LogP contribution in [0.5, 0.6) is 0 Å². The van der Waals surface area contributed by atoms with Crippen molar-refractivity contribution < 1.29 is 9.47 Å². The van der Waals surface area contributed by atoms with Gasteiger partial charge in [0.05, 0.1) is 11.3 Å². The summed E-state index contributed by atoms with van der Waals surface area (Å²) in [6.45, 7) is 0. The predicted molar refractivity (Wildman–Crippen MR) is 68.2 cm³/mol. The molecule has 2 nitrogen and oxygen atoms in total. The maximum Gasteiger partial charge on any atom is 0.0848 e. The van der Waals surface area contributed by atoms with Gasteiger partial charge in [0, 0.05) is 35.7 Å². The molecular formula is C10H20Cl2O2Si. The molecule has 0 saturated heterocycles. The fourth-order valence-electron chi connectivity index (χ4n) is 2.56. The van der Waals surface area contributed by atoms with Gasteiger partial charge in [-0.25, -0.2) is 0 Å². The van der Waals surface area contributed by atoms with Crippen LogP contribution in [0.15, 0.2) is 0 Å². The van der Waals surface area contributed by atoms with E-state index in [0.717, 1.165) is 29.5 Å². The Bertz CT molecular complexity index is 206. The van der Waals surface area contributed by atoms with Crippen LogP contribution in [0.4, 0.5) is 0 Å². The Balaban J connectivity index is 2.61. The molecule has 1 aliphatic rings.